The molecule has 1 heterocycles. The van der Waals surface area contributed by atoms with Crippen LogP contribution in [0.2, 0.25) is 0 Å². The lowest BCUT2D eigenvalue weighted by molar-refractivity contribution is -0.119. The van der Waals surface area contributed by atoms with Gasteiger partial charge >= 0.3 is 0 Å². The first-order valence-corrected chi connectivity index (χ1v) is 7.21. The van der Waals surface area contributed by atoms with Gasteiger partial charge in [-0.05, 0) is 24.1 Å². The second kappa shape index (κ2) is 5.87. The highest BCUT2D eigenvalue weighted by Gasteiger charge is 2.30. The fraction of sp³-hybridized carbons (Fsp3) is 0.235. The van der Waals surface area contributed by atoms with Gasteiger partial charge in [0.25, 0.3) is 0 Å². The zero-order valence-electron chi connectivity index (χ0n) is 12.6. The Bertz CT molecular complexity index is 760. The van der Waals surface area contributed by atoms with Crippen LogP contribution in [-0.2, 0) is 17.8 Å². The highest BCUT2D eigenvalue weighted by Crippen LogP contribution is 2.37. The van der Waals surface area contributed by atoms with Gasteiger partial charge in [-0.2, -0.15) is 0 Å². The molecule has 0 aliphatic carbocycles. The number of hydrogen-bond donors (Lipinski definition) is 1. The maximum absolute atomic E-state index is 14.3. The van der Waals surface area contributed by atoms with Crippen molar-refractivity contribution in [1.82, 2.24) is 0 Å². The van der Waals surface area contributed by atoms with E-state index in [1.165, 1.54) is 4.90 Å². The zero-order chi connectivity index (χ0) is 16.6. The topological polar surface area (TPSA) is 55.6 Å². The summed E-state index contributed by atoms with van der Waals surface area (Å²) in [5.74, 6) is -1.65. The molecule has 0 fully saturated rings. The monoisotopic (exact) mass is 318 g/mol. The number of hydrogen-bond acceptors (Lipinski definition) is 3. The number of anilines is 2. The summed E-state index contributed by atoms with van der Waals surface area (Å²) in [6, 6.07) is 8.03. The number of ether oxygens (including phenoxy) is 1. The Morgan fingerprint density at radius 3 is 2.57 bits per heavy atom. The third-order valence-corrected chi connectivity index (χ3v) is 3.99. The molecule has 0 atom stereocenters. The van der Waals surface area contributed by atoms with E-state index in [4.69, 9.17) is 10.5 Å². The van der Waals surface area contributed by atoms with Crippen LogP contribution < -0.4 is 15.4 Å². The summed E-state index contributed by atoms with van der Waals surface area (Å²) in [4.78, 5) is 13.5. The third kappa shape index (κ3) is 2.72. The number of rotatable bonds is 3. The van der Waals surface area contributed by atoms with Gasteiger partial charge in [-0.25, -0.2) is 8.78 Å². The molecule has 0 aromatic heterocycles. The van der Waals surface area contributed by atoms with Gasteiger partial charge in [-0.3, -0.25) is 4.79 Å². The number of nitrogens with zero attached hydrogens (tertiary/aromatic N) is 1. The summed E-state index contributed by atoms with van der Waals surface area (Å²) in [6.07, 6.45) is 0.536. The van der Waals surface area contributed by atoms with E-state index in [1.807, 2.05) is 0 Å². The summed E-state index contributed by atoms with van der Waals surface area (Å²) < 4.78 is 33.0. The van der Waals surface area contributed by atoms with Gasteiger partial charge in [-0.15, -0.1) is 0 Å². The summed E-state index contributed by atoms with van der Waals surface area (Å²) in [6.45, 7) is 0.148. The van der Waals surface area contributed by atoms with Crippen molar-refractivity contribution in [1.29, 1.82) is 0 Å². The van der Waals surface area contributed by atoms with Crippen molar-refractivity contribution in [3.63, 3.8) is 0 Å². The number of nitrogen functional groups attached to an aromatic ring is 1. The van der Waals surface area contributed by atoms with E-state index in [0.29, 0.717) is 17.7 Å². The number of fused-ring (bicyclic) bond motifs is 1. The van der Waals surface area contributed by atoms with Crippen LogP contribution in [0.5, 0.6) is 5.75 Å². The molecule has 4 nitrogen and oxygen atoms in total. The first-order chi connectivity index (χ1) is 11.0. The predicted molar refractivity (Wildman–Crippen MR) is 83.3 cm³/mol. The molecule has 120 valence electrons. The molecule has 1 amide bonds. The van der Waals surface area contributed by atoms with Gasteiger partial charge in [0.2, 0.25) is 5.91 Å². The minimum Gasteiger partial charge on any atom is -0.497 e. The van der Waals surface area contributed by atoms with E-state index < -0.39 is 11.6 Å². The Kier molecular flexibility index (Phi) is 3.90. The largest absolute Gasteiger partial charge is 0.497 e. The minimum absolute atomic E-state index is 0.0467. The first kappa shape index (κ1) is 15.3. The molecular formula is C17H16F2N2O2. The highest BCUT2D eigenvalue weighted by atomic mass is 19.2. The van der Waals surface area contributed by atoms with Crippen LogP contribution in [0.25, 0.3) is 0 Å². The van der Waals surface area contributed by atoms with Crippen LogP contribution in [0.1, 0.15) is 17.5 Å². The van der Waals surface area contributed by atoms with Crippen LogP contribution >= 0.6 is 0 Å². The molecular weight excluding hydrogens is 302 g/mol. The van der Waals surface area contributed by atoms with Crippen LogP contribution in [0.15, 0.2) is 30.3 Å². The first-order valence-electron chi connectivity index (χ1n) is 7.21. The third-order valence-electron chi connectivity index (χ3n) is 3.99. The molecule has 0 unspecified atom stereocenters. The predicted octanol–water partition coefficient (Wildman–Crippen LogP) is 3.04. The molecule has 0 radical (unpaired) electrons. The van der Waals surface area contributed by atoms with Crippen molar-refractivity contribution in [2.45, 2.75) is 19.4 Å². The Balaban J connectivity index is 2.01. The van der Waals surface area contributed by atoms with E-state index >= 15 is 0 Å². The van der Waals surface area contributed by atoms with Crippen LogP contribution in [0.4, 0.5) is 20.2 Å². The van der Waals surface area contributed by atoms with Crippen molar-refractivity contribution in [3.8, 4) is 5.75 Å². The normalized spacial score (nSPS) is 13.9. The molecule has 2 aromatic carbocycles. The van der Waals surface area contributed by atoms with Crippen molar-refractivity contribution in [3.05, 3.63) is 53.1 Å². The highest BCUT2D eigenvalue weighted by molar-refractivity contribution is 5.97. The molecule has 3 rings (SSSR count). The number of carbonyl (C=O) groups is 1. The average molecular weight is 318 g/mol. The van der Waals surface area contributed by atoms with E-state index in [9.17, 15) is 13.6 Å². The van der Waals surface area contributed by atoms with Crippen molar-refractivity contribution in [2.75, 3.05) is 17.7 Å². The summed E-state index contributed by atoms with van der Waals surface area (Å²) in [5.41, 5.74) is 7.18. The molecule has 2 aromatic rings. The van der Waals surface area contributed by atoms with E-state index in [1.54, 1.807) is 31.4 Å². The second-order valence-electron chi connectivity index (χ2n) is 5.42. The molecule has 0 bridgehead atoms. The molecule has 2 N–H and O–H groups in total. The van der Waals surface area contributed by atoms with Gasteiger partial charge in [0.1, 0.15) is 5.75 Å². The molecule has 1 aliphatic rings. The standard InChI is InChI=1S/C17H16F2N2O2/c1-23-11-4-2-10(3-5-11)9-21-15(22)7-6-12-14(20)8-13(18)16(19)17(12)21/h2-5,8H,6-7,9,20H2,1H3. The molecule has 0 saturated carbocycles. The van der Waals surface area contributed by atoms with Crippen molar-refractivity contribution < 1.29 is 18.3 Å². The van der Waals surface area contributed by atoms with Gasteiger partial charge in [0.05, 0.1) is 19.3 Å². The maximum Gasteiger partial charge on any atom is 0.227 e. The molecule has 0 saturated heterocycles. The van der Waals surface area contributed by atoms with E-state index in [0.717, 1.165) is 11.6 Å². The number of halogens is 2. The van der Waals surface area contributed by atoms with Gasteiger partial charge in [0.15, 0.2) is 11.6 Å². The smallest absolute Gasteiger partial charge is 0.227 e. The molecule has 23 heavy (non-hydrogen) atoms. The molecule has 1 aliphatic heterocycles. The Morgan fingerprint density at radius 1 is 1.22 bits per heavy atom. The SMILES string of the molecule is COc1ccc(CN2C(=O)CCc3c(N)cc(F)c(F)c32)cc1. The quantitative estimate of drug-likeness (QED) is 0.885. The number of benzene rings is 2. The number of nitrogens with two attached hydrogens (primary N) is 1. The summed E-state index contributed by atoms with van der Waals surface area (Å²) in [7, 11) is 1.56. The molecule has 0 spiro atoms. The Labute approximate surface area is 132 Å². The fourth-order valence-corrected chi connectivity index (χ4v) is 2.79. The van der Waals surface area contributed by atoms with Crippen molar-refractivity contribution in [2.24, 2.45) is 0 Å². The second-order valence-corrected chi connectivity index (χ2v) is 5.42. The van der Waals surface area contributed by atoms with Crippen LogP contribution in [0.3, 0.4) is 0 Å². The van der Waals surface area contributed by atoms with E-state index in [-0.39, 0.29) is 30.2 Å². The minimum atomic E-state index is -1.05. The number of amides is 1. The van der Waals surface area contributed by atoms with E-state index in [2.05, 4.69) is 0 Å². The summed E-state index contributed by atoms with van der Waals surface area (Å²) in [5, 5.41) is 0. The average Bonchev–Trinajstić information content (AvgIpc) is 2.55. The van der Waals surface area contributed by atoms with Gasteiger partial charge in [0, 0.05) is 23.7 Å². The lowest BCUT2D eigenvalue weighted by Crippen LogP contribution is -2.36. The summed E-state index contributed by atoms with van der Waals surface area (Å²) >= 11 is 0. The fourth-order valence-electron chi connectivity index (χ4n) is 2.79. The lowest BCUT2D eigenvalue weighted by Gasteiger charge is -2.30. The number of methoxy groups -OCH3 is 1. The van der Waals surface area contributed by atoms with Gasteiger partial charge in [-0.1, -0.05) is 12.1 Å². The molecule has 6 heteroatoms. The lowest BCUT2D eigenvalue weighted by atomic mass is 9.98. The van der Waals surface area contributed by atoms with Crippen molar-refractivity contribution >= 4 is 17.3 Å². The van der Waals surface area contributed by atoms with Crippen LogP contribution in [0, 0.1) is 11.6 Å². The Hall–Kier alpha value is -2.63. The van der Waals surface area contributed by atoms with Gasteiger partial charge < -0.3 is 15.4 Å². The Morgan fingerprint density at radius 2 is 1.91 bits per heavy atom. The number of carbonyl (C=O) groups excluding carboxylic acids is 1. The zero-order valence-corrected chi connectivity index (χ0v) is 12.6. The maximum atomic E-state index is 14.3. The van der Waals surface area contributed by atoms with Crippen LogP contribution in [-0.4, -0.2) is 13.0 Å².